The summed E-state index contributed by atoms with van der Waals surface area (Å²) in [7, 11) is -3.66. The number of carbonyl (C=O) groups is 2. The minimum atomic E-state index is -3.66. The lowest BCUT2D eigenvalue weighted by atomic mass is 10.2. The molecular formula is C21H19ClN4O5S2. The van der Waals surface area contributed by atoms with Gasteiger partial charge in [-0.3, -0.25) is 15.1 Å². The summed E-state index contributed by atoms with van der Waals surface area (Å²) >= 11 is 7.21. The Bertz CT molecular complexity index is 1280. The number of carbonyl (C=O) groups excluding carboxylic acids is 2. The van der Waals surface area contributed by atoms with Gasteiger partial charge >= 0.3 is 6.03 Å². The minimum absolute atomic E-state index is 0.120. The first-order valence-electron chi connectivity index (χ1n) is 9.78. The molecule has 1 aliphatic heterocycles. The second kappa shape index (κ2) is 9.79. The highest BCUT2D eigenvalue weighted by atomic mass is 35.5. The van der Waals surface area contributed by atoms with Gasteiger partial charge in [0, 0.05) is 23.6 Å². The first-order valence-corrected chi connectivity index (χ1v) is 12.5. The van der Waals surface area contributed by atoms with E-state index < -0.39 is 22.0 Å². The number of rotatable bonds is 5. The summed E-state index contributed by atoms with van der Waals surface area (Å²) in [6.45, 7) is 0.0666. The number of para-hydroxylation sites is 1. The number of urea groups is 1. The second-order valence-electron chi connectivity index (χ2n) is 6.97. The lowest BCUT2D eigenvalue weighted by Gasteiger charge is -2.22. The number of halogens is 1. The Morgan fingerprint density at radius 3 is 2.67 bits per heavy atom. The van der Waals surface area contributed by atoms with Crippen molar-refractivity contribution >= 4 is 50.6 Å². The number of anilines is 1. The van der Waals surface area contributed by atoms with E-state index in [2.05, 4.69) is 15.6 Å². The molecule has 1 aromatic heterocycles. The lowest BCUT2D eigenvalue weighted by Crippen LogP contribution is -2.49. The molecule has 9 nitrogen and oxygen atoms in total. The van der Waals surface area contributed by atoms with Crippen molar-refractivity contribution in [2.75, 3.05) is 11.4 Å². The van der Waals surface area contributed by atoms with Gasteiger partial charge in [-0.05, 0) is 35.7 Å². The van der Waals surface area contributed by atoms with Crippen molar-refractivity contribution in [2.45, 2.75) is 17.2 Å². The molecule has 4 rings (SSSR count). The molecule has 1 aliphatic rings. The van der Waals surface area contributed by atoms with Gasteiger partial charge in [-0.1, -0.05) is 35.9 Å². The van der Waals surface area contributed by atoms with Gasteiger partial charge in [0.15, 0.2) is 5.75 Å². The summed E-state index contributed by atoms with van der Waals surface area (Å²) < 4.78 is 32.6. The van der Waals surface area contributed by atoms with Crippen LogP contribution in [0.15, 0.2) is 64.2 Å². The minimum Gasteiger partial charge on any atom is -0.455 e. The molecule has 0 saturated heterocycles. The van der Waals surface area contributed by atoms with Crippen LogP contribution >= 0.6 is 22.9 Å². The van der Waals surface area contributed by atoms with Crippen LogP contribution in [0.4, 0.5) is 10.5 Å². The van der Waals surface area contributed by atoms with Crippen LogP contribution in [-0.4, -0.2) is 26.9 Å². The van der Waals surface area contributed by atoms with Crippen molar-refractivity contribution in [1.82, 2.24) is 15.6 Å². The molecule has 0 unspecified atom stereocenters. The van der Waals surface area contributed by atoms with Crippen LogP contribution in [0.3, 0.4) is 0 Å². The fourth-order valence-corrected chi connectivity index (χ4v) is 5.35. The van der Waals surface area contributed by atoms with Crippen LogP contribution < -0.4 is 25.2 Å². The lowest BCUT2D eigenvalue weighted by molar-refractivity contribution is -0.121. The summed E-state index contributed by atoms with van der Waals surface area (Å²) in [5.41, 5.74) is 5.88. The van der Waals surface area contributed by atoms with Crippen molar-refractivity contribution in [3.05, 3.63) is 70.6 Å². The van der Waals surface area contributed by atoms with E-state index in [1.807, 2.05) is 18.2 Å². The number of hydrogen-bond donors (Lipinski definition) is 3. The van der Waals surface area contributed by atoms with Crippen molar-refractivity contribution in [3.63, 3.8) is 0 Å². The molecule has 12 heteroatoms. The van der Waals surface area contributed by atoms with E-state index in [4.69, 9.17) is 16.3 Å². The summed E-state index contributed by atoms with van der Waals surface area (Å²) in [4.78, 5) is 26.5. The molecule has 0 bridgehead atoms. The third-order valence-corrected chi connectivity index (χ3v) is 7.78. The Labute approximate surface area is 199 Å². The monoisotopic (exact) mass is 506 g/mol. The largest absolute Gasteiger partial charge is 0.455 e. The highest BCUT2D eigenvalue weighted by molar-refractivity contribution is 7.91. The Hall–Kier alpha value is -3.12. The zero-order valence-corrected chi connectivity index (χ0v) is 19.5. The van der Waals surface area contributed by atoms with Gasteiger partial charge < -0.3 is 4.74 Å². The average Bonchev–Trinajstić information content (AvgIpc) is 3.29. The van der Waals surface area contributed by atoms with Gasteiger partial charge in [0.1, 0.15) is 9.96 Å². The maximum Gasteiger partial charge on any atom is 0.341 e. The molecule has 172 valence electrons. The van der Waals surface area contributed by atoms with E-state index >= 15 is 0 Å². The van der Waals surface area contributed by atoms with E-state index in [0.717, 1.165) is 16.9 Å². The van der Waals surface area contributed by atoms with Crippen molar-refractivity contribution in [3.8, 4) is 11.5 Å². The number of fused-ring (bicyclic) bond motifs is 2. The number of sulfonamides is 1. The Balaban J connectivity index is 1.38. The smallest absolute Gasteiger partial charge is 0.341 e. The Kier molecular flexibility index (Phi) is 6.84. The standard InChI is InChI=1S/C21H19ClN4O5S2/c22-15-7-8-18-16(12-15)26(13-14-4-1-2-5-17(14)31-18)21(28)25-24-19(27)9-10-23-33(29,30)20-6-3-11-32-20/h1-8,11-12,23H,9-10,13H2,(H,24,27)(H,25,28). The molecule has 0 fully saturated rings. The highest BCUT2D eigenvalue weighted by Gasteiger charge is 2.26. The predicted molar refractivity (Wildman–Crippen MR) is 125 cm³/mol. The van der Waals surface area contributed by atoms with Gasteiger partial charge in [0.2, 0.25) is 15.9 Å². The molecule has 0 aliphatic carbocycles. The van der Waals surface area contributed by atoms with E-state index in [9.17, 15) is 18.0 Å². The zero-order chi connectivity index (χ0) is 23.4. The molecule has 3 aromatic rings. The van der Waals surface area contributed by atoms with Gasteiger partial charge in [-0.15, -0.1) is 11.3 Å². The molecule has 0 spiro atoms. The van der Waals surface area contributed by atoms with Crippen LogP contribution in [0.2, 0.25) is 5.02 Å². The number of amides is 3. The van der Waals surface area contributed by atoms with Crippen molar-refractivity contribution < 1.29 is 22.7 Å². The topological polar surface area (TPSA) is 117 Å². The van der Waals surface area contributed by atoms with Crippen molar-refractivity contribution in [2.24, 2.45) is 0 Å². The Morgan fingerprint density at radius 2 is 1.88 bits per heavy atom. The number of benzene rings is 2. The van der Waals surface area contributed by atoms with E-state index in [1.165, 1.54) is 11.0 Å². The number of hydrazine groups is 1. The van der Waals surface area contributed by atoms with Crippen LogP contribution in [-0.2, 0) is 21.4 Å². The molecule has 2 aromatic carbocycles. The number of hydrogen-bond acceptors (Lipinski definition) is 6. The molecule has 33 heavy (non-hydrogen) atoms. The fourth-order valence-electron chi connectivity index (χ4n) is 3.12. The van der Waals surface area contributed by atoms with Crippen molar-refractivity contribution in [1.29, 1.82) is 0 Å². The van der Waals surface area contributed by atoms with Gasteiger partial charge in [-0.25, -0.2) is 23.4 Å². The molecular weight excluding hydrogens is 488 g/mol. The van der Waals surface area contributed by atoms with Gasteiger partial charge in [0.25, 0.3) is 0 Å². The second-order valence-corrected chi connectivity index (χ2v) is 10.3. The third-order valence-electron chi connectivity index (χ3n) is 4.69. The summed E-state index contributed by atoms with van der Waals surface area (Å²) in [5, 5.41) is 2.07. The number of thiophene rings is 1. The number of nitrogens with zero attached hydrogens (tertiary/aromatic N) is 1. The molecule has 2 heterocycles. The SMILES string of the molecule is O=C(CCNS(=O)(=O)c1cccs1)NNC(=O)N1Cc2ccccc2Oc2ccc(Cl)cc21. The first-order chi connectivity index (χ1) is 15.8. The fraction of sp³-hybridized carbons (Fsp3) is 0.143. The molecule has 3 amide bonds. The van der Waals surface area contributed by atoms with Gasteiger partial charge in [-0.2, -0.15) is 0 Å². The number of nitrogens with one attached hydrogen (secondary N) is 3. The average molecular weight is 507 g/mol. The molecule has 0 saturated carbocycles. The van der Waals surface area contributed by atoms with Crippen LogP contribution in [0.1, 0.15) is 12.0 Å². The zero-order valence-electron chi connectivity index (χ0n) is 17.1. The molecule has 0 atom stereocenters. The van der Waals surface area contributed by atoms with E-state index in [1.54, 1.807) is 35.7 Å². The van der Waals surface area contributed by atoms with E-state index in [0.29, 0.717) is 22.2 Å². The van der Waals surface area contributed by atoms with Crippen LogP contribution in [0.5, 0.6) is 11.5 Å². The predicted octanol–water partition coefficient (Wildman–Crippen LogP) is 3.62. The highest BCUT2D eigenvalue weighted by Crippen LogP contribution is 2.40. The Morgan fingerprint density at radius 1 is 1.06 bits per heavy atom. The summed E-state index contributed by atoms with van der Waals surface area (Å²) in [6, 6.07) is 14.7. The normalized spacial score (nSPS) is 12.7. The maximum absolute atomic E-state index is 12.9. The molecule has 0 radical (unpaired) electrons. The van der Waals surface area contributed by atoms with Gasteiger partial charge in [0.05, 0.1) is 12.2 Å². The summed E-state index contributed by atoms with van der Waals surface area (Å²) in [6.07, 6.45) is -0.167. The maximum atomic E-state index is 12.9. The third kappa shape index (κ3) is 5.45. The van der Waals surface area contributed by atoms with Crippen LogP contribution in [0, 0.1) is 0 Å². The number of ether oxygens (including phenoxy) is 1. The van der Waals surface area contributed by atoms with Crippen LogP contribution in [0.25, 0.3) is 0 Å². The first kappa shape index (κ1) is 23.1. The molecule has 3 N–H and O–H groups in total. The van der Waals surface area contributed by atoms with E-state index in [-0.39, 0.29) is 23.7 Å². The quantitative estimate of drug-likeness (QED) is 0.457. The summed E-state index contributed by atoms with van der Waals surface area (Å²) in [5.74, 6) is 0.488.